The predicted octanol–water partition coefficient (Wildman–Crippen LogP) is 5.71. The number of aliphatic hydroxyl groups excluding tert-OH is 1. The predicted molar refractivity (Wildman–Crippen MR) is 253 cm³/mol. The Morgan fingerprint density at radius 3 is 2.30 bits per heavy atom. The fraction of sp³-hybridized carbons (Fsp3) is 0.569. The largest absolute Gasteiger partial charge is 0.461 e. The lowest BCUT2D eigenvalue weighted by Gasteiger charge is -2.48. The fourth-order valence-electron chi connectivity index (χ4n) is 10.1. The molecule has 0 unspecified atom stereocenters. The van der Waals surface area contributed by atoms with Crippen molar-refractivity contribution in [2.24, 2.45) is 23.7 Å². The number of pyridine rings is 1. The van der Waals surface area contributed by atoms with Crippen molar-refractivity contribution in [3.63, 3.8) is 0 Å². The number of cyclic esters (lactones) is 1. The number of carbonyl (C=O) groups excluding carboxylic acids is 5. The molecule has 374 valence electrons. The Morgan fingerprint density at radius 2 is 1.65 bits per heavy atom. The molecule has 3 saturated heterocycles. The van der Waals surface area contributed by atoms with Gasteiger partial charge in [-0.2, -0.15) is 0 Å². The molecule has 18 heteroatoms. The van der Waals surface area contributed by atoms with Gasteiger partial charge in [0.15, 0.2) is 17.7 Å². The molecular formula is C51H68N6O12. The number of amides is 2. The second kappa shape index (κ2) is 22.7. The van der Waals surface area contributed by atoms with Gasteiger partial charge in [-0.05, 0) is 84.8 Å². The van der Waals surface area contributed by atoms with Gasteiger partial charge in [-0.25, -0.2) is 19.6 Å². The van der Waals surface area contributed by atoms with E-state index in [1.807, 2.05) is 56.3 Å². The summed E-state index contributed by atoms with van der Waals surface area (Å²) in [4.78, 5) is 85.2. The monoisotopic (exact) mass is 956 g/mol. The molecule has 2 amide bonds. The van der Waals surface area contributed by atoms with Gasteiger partial charge in [0.05, 0.1) is 30.2 Å². The molecule has 1 aromatic carbocycles. The first-order valence-electron chi connectivity index (χ1n) is 23.7. The number of nitrogens with zero attached hydrogens (tertiary/aromatic N) is 4. The number of rotatable bonds is 12. The van der Waals surface area contributed by atoms with Crippen molar-refractivity contribution in [3.05, 3.63) is 84.5 Å². The zero-order valence-corrected chi connectivity index (χ0v) is 41.2. The minimum absolute atomic E-state index is 0.0345. The van der Waals surface area contributed by atoms with Crippen LogP contribution in [0.3, 0.4) is 0 Å². The summed E-state index contributed by atoms with van der Waals surface area (Å²) in [5, 5.41) is 17.5. The topological polar surface area (TPSA) is 227 Å². The lowest BCUT2D eigenvalue weighted by molar-refractivity contribution is -0.298. The van der Waals surface area contributed by atoms with E-state index < -0.39 is 108 Å². The highest BCUT2D eigenvalue weighted by Gasteiger charge is 2.58. The van der Waals surface area contributed by atoms with Crippen LogP contribution in [0.5, 0.6) is 0 Å². The number of likely N-dealkylation sites (N-methyl/N-ethyl adjacent to an activating group) is 1. The highest BCUT2D eigenvalue weighted by molar-refractivity contribution is 5.85. The van der Waals surface area contributed by atoms with Crippen molar-refractivity contribution in [1.29, 1.82) is 0 Å². The van der Waals surface area contributed by atoms with Crippen LogP contribution in [0.2, 0.25) is 0 Å². The molecule has 69 heavy (non-hydrogen) atoms. The van der Waals surface area contributed by atoms with Crippen molar-refractivity contribution < 1.29 is 57.5 Å². The van der Waals surface area contributed by atoms with Crippen LogP contribution in [0.15, 0.2) is 73.2 Å². The number of esters is 2. The van der Waals surface area contributed by atoms with Crippen LogP contribution >= 0.6 is 0 Å². The number of benzene rings is 1. The molecule has 3 aliphatic heterocycles. The molecule has 2 aromatic heterocycles. The molecule has 0 radical (unpaired) electrons. The summed E-state index contributed by atoms with van der Waals surface area (Å²) >= 11 is 0. The van der Waals surface area contributed by atoms with Gasteiger partial charge in [0.1, 0.15) is 35.8 Å². The molecular weight excluding hydrogens is 889 g/mol. The zero-order valence-electron chi connectivity index (χ0n) is 41.2. The maximum Gasteiger partial charge on any atom is 0.408 e. The summed E-state index contributed by atoms with van der Waals surface area (Å²) < 4.78 is 38.0. The first-order valence-corrected chi connectivity index (χ1v) is 23.7. The molecule has 3 aromatic rings. The van der Waals surface area contributed by atoms with Crippen LogP contribution < -0.4 is 10.6 Å². The van der Waals surface area contributed by atoms with Crippen molar-refractivity contribution in [1.82, 2.24) is 30.5 Å². The quantitative estimate of drug-likeness (QED) is 0.146. The molecule has 3 aliphatic rings. The molecule has 0 saturated carbocycles. The van der Waals surface area contributed by atoms with Gasteiger partial charge >= 0.3 is 24.1 Å². The molecule has 0 aliphatic carbocycles. The minimum atomic E-state index is -1.78. The summed E-state index contributed by atoms with van der Waals surface area (Å²) in [6.45, 7) is 13.5. The van der Waals surface area contributed by atoms with Gasteiger partial charge in [0.2, 0.25) is 0 Å². The smallest absolute Gasteiger partial charge is 0.408 e. The molecule has 14 atom stereocenters. The number of carbonyl (C=O) groups is 5. The number of Topliss-reactive ketones (excluding diaryl/α,β-unsaturated/α-hetero) is 1. The maximum atomic E-state index is 14.7. The Bertz CT molecular complexity index is 2270. The lowest BCUT2D eigenvalue weighted by atomic mass is 9.73. The van der Waals surface area contributed by atoms with E-state index in [4.69, 9.17) is 28.4 Å². The van der Waals surface area contributed by atoms with E-state index in [1.54, 1.807) is 97.4 Å². The second-order valence-electron chi connectivity index (χ2n) is 19.2. The summed E-state index contributed by atoms with van der Waals surface area (Å²) in [6, 6.07) is 13.1. The van der Waals surface area contributed by atoms with Crippen LogP contribution in [-0.2, 0) is 49.2 Å². The Morgan fingerprint density at radius 1 is 0.957 bits per heavy atom. The highest BCUT2D eigenvalue weighted by atomic mass is 16.7. The van der Waals surface area contributed by atoms with Gasteiger partial charge in [-0.1, -0.05) is 70.2 Å². The van der Waals surface area contributed by atoms with E-state index in [1.165, 1.54) is 0 Å². The Balaban J connectivity index is 1.40. The number of fused-ring (bicyclic) bond motifs is 1. The van der Waals surface area contributed by atoms with E-state index in [0.717, 1.165) is 11.1 Å². The third-order valence-electron chi connectivity index (χ3n) is 13.7. The molecule has 3 N–H and O–H groups in total. The Kier molecular flexibility index (Phi) is 17.3. The lowest BCUT2D eigenvalue weighted by Crippen LogP contribution is -2.61. The Labute approximate surface area is 404 Å². The number of hydrogen-bond donors (Lipinski definition) is 3. The summed E-state index contributed by atoms with van der Waals surface area (Å²) in [6.07, 6.45) is 0.458. The van der Waals surface area contributed by atoms with E-state index in [-0.39, 0.29) is 31.6 Å². The second-order valence-corrected chi connectivity index (χ2v) is 19.2. The molecule has 0 bridgehead atoms. The van der Waals surface area contributed by atoms with E-state index in [2.05, 4.69) is 25.6 Å². The Hall–Kier alpha value is -5.82. The standard InChI is InChI=1S/C51H68N6O12/c1-11-38-51(8)43(56-49(63)69-51)31(4)40(59)29(2)28-50(7,68-48(62)55-23-14-16-34-18-20-35(21-19-34)45-53-24-15-25-54-45)44(67-47-41(60)37(57(9)10)26-30(3)64-47)32(5)42(33(6)46(61)65-38)66-39(58)27-36-17-12-13-22-52-36/h12-22,24-25,29-33,37-38,41-44,47,60H,11,23,26-28H2,1-10H3,(H,55,62)(H,56,63)/b16-14+/t29-,30-,31+,32+,33-,37+,38-,41-,42+,43-,44-,47+,50-,51-/m1/s1. The number of aromatic nitrogens is 3. The van der Waals surface area contributed by atoms with Crippen molar-refractivity contribution in [2.75, 3.05) is 20.6 Å². The first kappa shape index (κ1) is 52.5. The van der Waals surface area contributed by atoms with Crippen LogP contribution in [0, 0.1) is 23.7 Å². The van der Waals surface area contributed by atoms with Gasteiger partial charge in [0, 0.05) is 54.5 Å². The van der Waals surface area contributed by atoms with Crippen LogP contribution in [-0.4, -0.2) is 136 Å². The summed E-state index contributed by atoms with van der Waals surface area (Å²) in [5.41, 5.74) is -1.15. The number of alkyl carbamates (subject to hydrolysis) is 2. The number of hydrogen-bond acceptors (Lipinski definition) is 16. The zero-order chi connectivity index (χ0) is 50.2. The average molecular weight is 957 g/mol. The van der Waals surface area contributed by atoms with Gasteiger partial charge in [-0.3, -0.25) is 19.4 Å². The van der Waals surface area contributed by atoms with Crippen LogP contribution in [0.4, 0.5) is 9.59 Å². The number of ketones is 1. The van der Waals surface area contributed by atoms with Crippen LogP contribution in [0.25, 0.3) is 17.5 Å². The van der Waals surface area contributed by atoms with Crippen molar-refractivity contribution in [2.45, 2.75) is 141 Å². The van der Waals surface area contributed by atoms with Gasteiger partial charge in [-0.15, -0.1) is 0 Å². The SMILES string of the molecule is CC[C@H]1OC(=O)[C@H](C)[C@@H](OC(=O)Cc2ccccn2)[C@H](C)[C@@H](O[C@@H]2O[C@H](C)C[C@H](N(C)C)[C@H]2O)[C@](C)(OC(=O)NC/C=C/c2ccc(-c3ncccn3)cc2)C[C@@H](C)C(=O)[C@H](C)[C@H]2NC(=O)O[C@@]21C. The maximum absolute atomic E-state index is 14.7. The van der Waals surface area contributed by atoms with E-state index in [9.17, 15) is 29.1 Å². The summed E-state index contributed by atoms with van der Waals surface area (Å²) in [5.74, 6) is -5.24. The summed E-state index contributed by atoms with van der Waals surface area (Å²) in [7, 11) is 3.66. The van der Waals surface area contributed by atoms with Crippen LogP contribution in [0.1, 0.15) is 85.9 Å². The highest BCUT2D eigenvalue weighted by Crippen LogP contribution is 2.42. The fourth-order valence-corrected chi connectivity index (χ4v) is 10.1. The number of aliphatic hydroxyl groups is 1. The third kappa shape index (κ3) is 12.5. The molecule has 6 rings (SSSR count). The molecule has 0 spiro atoms. The van der Waals surface area contributed by atoms with E-state index in [0.29, 0.717) is 17.9 Å². The number of ether oxygens (including phenoxy) is 6. The number of nitrogens with one attached hydrogen (secondary N) is 2. The van der Waals surface area contributed by atoms with Crippen molar-refractivity contribution in [3.8, 4) is 11.4 Å². The van der Waals surface area contributed by atoms with Crippen molar-refractivity contribution >= 4 is 36.0 Å². The normalized spacial score (nSPS) is 33.4. The minimum Gasteiger partial charge on any atom is -0.461 e. The first-order chi connectivity index (χ1) is 32.7. The van der Waals surface area contributed by atoms with Gasteiger partial charge < -0.3 is 49.1 Å². The van der Waals surface area contributed by atoms with E-state index >= 15 is 0 Å². The third-order valence-corrected chi connectivity index (χ3v) is 13.7. The van der Waals surface area contributed by atoms with Gasteiger partial charge in [0.25, 0.3) is 0 Å². The molecule has 18 nitrogen and oxygen atoms in total. The molecule has 5 heterocycles. The average Bonchev–Trinajstić information content (AvgIpc) is 3.64. The molecule has 3 fully saturated rings.